The van der Waals surface area contributed by atoms with E-state index in [0.717, 1.165) is 45.0 Å². The Morgan fingerprint density at radius 1 is 1.45 bits per heavy atom. The molecule has 4 nitrogen and oxygen atoms in total. The maximum Gasteiger partial charge on any atom is 0.119 e. The molecule has 0 amide bonds. The third-order valence-electron chi connectivity index (χ3n) is 3.43. The molecule has 20 heavy (non-hydrogen) atoms. The van der Waals surface area contributed by atoms with E-state index in [2.05, 4.69) is 36.3 Å². The third kappa shape index (κ3) is 5.12. The van der Waals surface area contributed by atoms with Crippen LogP contribution in [0.1, 0.15) is 18.9 Å². The maximum absolute atomic E-state index is 5.86. The number of morpholine rings is 1. The Hall–Kier alpha value is -1.10. The Morgan fingerprint density at radius 3 is 3.15 bits per heavy atom. The fourth-order valence-corrected chi connectivity index (χ4v) is 2.31. The Kier molecular flexibility index (Phi) is 6.30. The average molecular weight is 278 g/mol. The van der Waals surface area contributed by atoms with Crippen molar-refractivity contribution in [2.75, 3.05) is 39.9 Å². The Morgan fingerprint density at radius 2 is 2.35 bits per heavy atom. The van der Waals surface area contributed by atoms with Crippen molar-refractivity contribution in [3.05, 3.63) is 29.8 Å². The van der Waals surface area contributed by atoms with Crippen LogP contribution in [0.2, 0.25) is 0 Å². The van der Waals surface area contributed by atoms with Crippen molar-refractivity contribution in [2.24, 2.45) is 0 Å². The first-order valence-electron chi connectivity index (χ1n) is 7.50. The standard InChI is InChI=1S/C16H26N2O2/c1-3-7-17-11-14-5-4-6-15(10-14)20-13-16-12-18(2)8-9-19-16/h4-6,10,16-17H,3,7-9,11-13H2,1-2H3. The highest BCUT2D eigenvalue weighted by Gasteiger charge is 2.18. The van der Waals surface area contributed by atoms with Crippen molar-refractivity contribution < 1.29 is 9.47 Å². The van der Waals surface area contributed by atoms with Crippen LogP contribution >= 0.6 is 0 Å². The highest BCUT2D eigenvalue weighted by atomic mass is 16.5. The first kappa shape index (κ1) is 15.3. The first-order valence-corrected chi connectivity index (χ1v) is 7.50. The summed E-state index contributed by atoms with van der Waals surface area (Å²) in [6.45, 7) is 7.49. The topological polar surface area (TPSA) is 33.7 Å². The second-order valence-corrected chi connectivity index (χ2v) is 5.39. The molecule has 1 N–H and O–H groups in total. The molecule has 1 aromatic carbocycles. The lowest BCUT2D eigenvalue weighted by Gasteiger charge is -2.29. The highest BCUT2D eigenvalue weighted by Crippen LogP contribution is 2.14. The molecule has 1 fully saturated rings. The number of nitrogens with zero attached hydrogens (tertiary/aromatic N) is 1. The molecule has 4 heteroatoms. The van der Waals surface area contributed by atoms with Crippen LogP contribution in [0, 0.1) is 0 Å². The zero-order chi connectivity index (χ0) is 14.2. The van der Waals surface area contributed by atoms with Crippen molar-refractivity contribution >= 4 is 0 Å². The number of nitrogens with one attached hydrogen (secondary N) is 1. The molecule has 112 valence electrons. The van der Waals surface area contributed by atoms with E-state index in [4.69, 9.17) is 9.47 Å². The van der Waals surface area contributed by atoms with Gasteiger partial charge in [-0.2, -0.15) is 0 Å². The van der Waals surface area contributed by atoms with Crippen LogP contribution in [0.3, 0.4) is 0 Å². The lowest BCUT2D eigenvalue weighted by molar-refractivity contribution is -0.0403. The molecule has 0 spiro atoms. The number of ether oxygens (including phenoxy) is 2. The van der Waals surface area contributed by atoms with Crippen LogP contribution in [-0.4, -0.2) is 50.9 Å². The van der Waals surface area contributed by atoms with Crippen LogP contribution < -0.4 is 10.1 Å². The van der Waals surface area contributed by atoms with Crippen molar-refractivity contribution in [3.8, 4) is 5.75 Å². The molecule has 2 rings (SSSR count). The van der Waals surface area contributed by atoms with E-state index in [1.54, 1.807) is 0 Å². The van der Waals surface area contributed by atoms with E-state index in [1.165, 1.54) is 5.56 Å². The monoisotopic (exact) mass is 278 g/mol. The highest BCUT2D eigenvalue weighted by molar-refractivity contribution is 5.28. The molecule has 1 saturated heterocycles. The summed E-state index contributed by atoms with van der Waals surface area (Å²) in [5.41, 5.74) is 1.26. The largest absolute Gasteiger partial charge is 0.491 e. The molecule has 0 radical (unpaired) electrons. The number of rotatable bonds is 7. The molecule has 1 aliphatic rings. The fraction of sp³-hybridized carbons (Fsp3) is 0.625. The van der Waals surface area contributed by atoms with Gasteiger partial charge in [-0.25, -0.2) is 0 Å². The van der Waals surface area contributed by atoms with Gasteiger partial charge in [0, 0.05) is 19.6 Å². The SMILES string of the molecule is CCCNCc1cccc(OCC2CN(C)CCO2)c1. The van der Waals surface area contributed by atoms with Crippen LogP contribution in [0.15, 0.2) is 24.3 Å². The Balaban J connectivity index is 1.78. The van der Waals surface area contributed by atoms with E-state index >= 15 is 0 Å². The van der Waals surface area contributed by atoms with E-state index in [-0.39, 0.29) is 6.10 Å². The number of benzene rings is 1. The number of hydrogen-bond acceptors (Lipinski definition) is 4. The Labute approximate surface area is 122 Å². The fourth-order valence-electron chi connectivity index (χ4n) is 2.31. The minimum Gasteiger partial charge on any atom is -0.491 e. The van der Waals surface area contributed by atoms with Crippen molar-refractivity contribution in [1.82, 2.24) is 10.2 Å². The number of likely N-dealkylation sites (N-methyl/N-ethyl adjacent to an activating group) is 1. The third-order valence-corrected chi connectivity index (χ3v) is 3.43. The second-order valence-electron chi connectivity index (χ2n) is 5.39. The molecule has 0 bridgehead atoms. The molecule has 1 unspecified atom stereocenters. The van der Waals surface area contributed by atoms with E-state index in [1.807, 2.05) is 12.1 Å². The van der Waals surface area contributed by atoms with Crippen LogP contribution in [0.25, 0.3) is 0 Å². The molecule has 1 atom stereocenters. The average Bonchev–Trinajstić information content (AvgIpc) is 2.46. The molecule has 1 heterocycles. The van der Waals surface area contributed by atoms with E-state index in [9.17, 15) is 0 Å². The van der Waals surface area contributed by atoms with Gasteiger partial charge in [0.25, 0.3) is 0 Å². The summed E-state index contributed by atoms with van der Waals surface area (Å²) in [6.07, 6.45) is 1.33. The Bertz CT molecular complexity index is 398. The van der Waals surface area contributed by atoms with Gasteiger partial charge in [-0.3, -0.25) is 0 Å². The van der Waals surface area contributed by atoms with Gasteiger partial charge in [0.15, 0.2) is 0 Å². The summed E-state index contributed by atoms with van der Waals surface area (Å²) in [5, 5.41) is 3.40. The molecule has 1 aromatic rings. The molecule has 0 aliphatic carbocycles. The first-order chi connectivity index (χ1) is 9.78. The van der Waals surface area contributed by atoms with E-state index in [0.29, 0.717) is 6.61 Å². The van der Waals surface area contributed by atoms with Crippen LogP contribution in [0.4, 0.5) is 0 Å². The normalized spacial score (nSPS) is 20.0. The van der Waals surface area contributed by atoms with Crippen molar-refractivity contribution in [3.63, 3.8) is 0 Å². The molecular formula is C16H26N2O2. The zero-order valence-corrected chi connectivity index (χ0v) is 12.6. The van der Waals surface area contributed by atoms with Gasteiger partial charge >= 0.3 is 0 Å². The molecule has 0 aromatic heterocycles. The van der Waals surface area contributed by atoms with Gasteiger partial charge in [0.1, 0.15) is 18.5 Å². The minimum absolute atomic E-state index is 0.177. The summed E-state index contributed by atoms with van der Waals surface area (Å²) in [5.74, 6) is 0.928. The van der Waals surface area contributed by atoms with Crippen molar-refractivity contribution in [2.45, 2.75) is 26.0 Å². The van der Waals surface area contributed by atoms with Gasteiger partial charge in [0.05, 0.1) is 6.61 Å². The second kappa shape index (κ2) is 8.25. The summed E-state index contributed by atoms with van der Waals surface area (Å²) < 4.78 is 11.6. The van der Waals surface area contributed by atoms with Gasteiger partial charge in [-0.05, 0) is 37.7 Å². The maximum atomic E-state index is 5.86. The van der Waals surface area contributed by atoms with Gasteiger partial charge in [-0.15, -0.1) is 0 Å². The van der Waals surface area contributed by atoms with Gasteiger partial charge in [-0.1, -0.05) is 19.1 Å². The van der Waals surface area contributed by atoms with Gasteiger partial charge < -0.3 is 19.7 Å². The van der Waals surface area contributed by atoms with E-state index < -0.39 is 0 Å². The summed E-state index contributed by atoms with van der Waals surface area (Å²) >= 11 is 0. The summed E-state index contributed by atoms with van der Waals surface area (Å²) in [7, 11) is 2.12. The van der Waals surface area contributed by atoms with Gasteiger partial charge in [0.2, 0.25) is 0 Å². The van der Waals surface area contributed by atoms with Crippen LogP contribution in [-0.2, 0) is 11.3 Å². The minimum atomic E-state index is 0.177. The quantitative estimate of drug-likeness (QED) is 0.772. The lowest BCUT2D eigenvalue weighted by atomic mass is 10.2. The lowest BCUT2D eigenvalue weighted by Crippen LogP contribution is -2.42. The predicted octanol–water partition coefficient (Wildman–Crippen LogP) is 1.90. The molecular weight excluding hydrogens is 252 g/mol. The zero-order valence-electron chi connectivity index (χ0n) is 12.6. The predicted molar refractivity (Wildman–Crippen MR) is 81.2 cm³/mol. The number of hydrogen-bond donors (Lipinski definition) is 1. The molecule has 0 saturated carbocycles. The molecule has 1 aliphatic heterocycles. The summed E-state index contributed by atoms with van der Waals surface area (Å²) in [4.78, 5) is 2.28. The van der Waals surface area contributed by atoms with Crippen LogP contribution in [0.5, 0.6) is 5.75 Å². The van der Waals surface area contributed by atoms with Crippen molar-refractivity contribution in [1.29, 1.82) is 0 Å². The summed E-state index contributed by atoms with van der Waals surface area (Å²) in [6, 6.07) is 8.29. The smallest absolute Gasteiger partial charge is 0.119 e.